The van der Waals surface area contributed by atoms with Gasteiger partial charge >= 0.3 is 0 Å². The number of nitrogens with two attached hydrogens (primary N) is 1. The third-order valence-electron chi connectivity index (χ3n) is 2.27. The molecule has 0 spiro atoms. The molecule has 0 aliphatic carbocycles. The predicted molar refractivity (Wildman–Crippen MR) is 55.5 cm³/mol. The maximum absolute atomic E-state index is 13.1. The van der Waals surface area contributed by atoms with E-state index in [2.05, 4.69) is 10.3 Å². The summed E-state index contributed by atoms with van der Waals surface area (Å²) in [5, 5.41) is 15.9. The first-order valence-electron chi connectivity index (χ1n) is 5.13. The first kappa shape index (κ1) is 13.9. The van der Waals surface area contributed by atoms with Crippen molar-refractivity contribution in [3.63, 3.8) is 0 Å². The first-order chi connectivity index (χ1) is 8.04. The number of hydrogen-bond acceptors (Lipinski definition) is 5. The largest absolute Gasteiger partial charge is 0.390 e. The lowest BCUT2D eigenvalue weighted by Gasteiger charge is -2.14. The Labute approximate surface area is 97.4 Å². The fraction of sp³-hybridized carbons (Fsp3) is 0.778. The molecule has 6 nitrogen and oxygen atoms in total. The highest BCUT2D eigenvalue weighted by atomic mass is 19.3. The van der Waals surface area contributed by atoms with Crippen molar-refractivity contribution in [2.24, 2.45) is 5.73 Å². The standard InChI is InChI=1S/C9H16F2N4O2/c1-17-3-2-8-7(4-12)13-14-15(8)5-9(10,11)6-16/h16H,2-6,12H2,1H3. The summed E-state index contributed by atoms with van der Waals surface area (Å²) in [4.78, 5) is 0. The molecule has 3 N–H and O–H groups in total. The smallest absolute Gasteiger partial charge is 0.289 e. The van der Waals surface area contributed by atoms with Gasteiger partial charge < -0.3 is 15.6 Å². The van der Waals surface area contributed by atoms with Crippen LogP contribution in [0.3, 0.4) is 0 Å². The summed E-state index contributed by atoms with van der Waals surface area (Å²) >= 11 is 0. The van der Waals surface area contributed by atoms with Crippen LogP contribution in [0, 0.1) is 0 Å². The molecule has 0 atom stereocenters. The van der Waals surface area contributed by atoms with Crippen molar-refractivity contribution in [2.75, 3.05) is 20.3 Å². The molecule has 0 fully saturated rings. The molecule has 17 heavy (non-hydrogen) atoms. The van der Waals surface area contributed by atoms with Crippen molar-refractivity contribution in [1.82, 2.24) is 15.0 Å². The van der Waals surface area contributed by atoms with Gasteiger partial charge in [-0.15, -0.1) is 5.10 Å². The van der Waals surface area contributed by atoms with E-state index in [1.54, 1.807) is 0 Å². The summed E-state index contributed by atoms with van der Waals surface area (Å²) in [5.74, 6) is -3.22. The molecular formula is C9H16F2N4O2. The lowest BCUT2D eigenvalue weighted by atomic mass is 10.2. The number of alkyl halides is 2. The van der Waals surface area contributed by atoms with Gasteiger partial charge in [-0.2, -0.15) is 0 Å². The van der Waals surface area contributed by atoms with Crippen molar-refractivity contribution >= 4 is 0 Å². The Balaban J connectivity index is 2.87. The fourth-order valence-electron chi connectivity index (χ4n) is 1.40. The monoisotopic (exact) mass is 250 g/mol. The van der Waals surface area contributed by atoms with Crippen LogP contribution in [0.5, 0.6) is 0 Å². The number of methoxy groups -OCH3 is 1. The van der Waals surface area contributed by atoms with Gasteiger partial charge in [-0.1, -0.05) is 5.21 Å². The molecule has 0 saturated heterocycles. The minimum absolute atomic E-state index is 0.129. The summed E-state index contributed by atoms with van der Waals surface area (Å²) in [6, 6.07) is 0. The zero-order valence-corrected chi connectivity index (χ0v) is 9.57. The molecular weight excluding hydrogens is 234 g/mol. The minimum atomic E-state index is -3.22. The summed E-state index contributed by atoms with van der Waals surface area (Å²) in [5.41, 5.74) is 6.42. The van der Waals surface area contributed by atoms with E-state index in [4.69, 9.17) is 15.6 Å². The summed E-state index contributed by atoms with van der Waals surface area (Å²) in [7, 11) is 1.51. The Kier molecular flexibility index (Phi) is 4.91. The molecule has 0 aliphatic rings. The number of aliphatic hydroxyl groups excluding tert-OH is 1. The van der Waals surface area contributed by atoms with Gasteiger partial charge in [0, 0.05) is 20.1 Å². The lowest BCUT2D eigenvalue weighted by molar-refractivity contribution is -0.0661. The Morgan fingerprint density at radius 1 is 1.53 bits per heavy atom. The summed E-state index contributed by atoms with van der Waals surface area (Å²) in [6.07, 6.45) is 0.400. The van der Waals surface area contributed by atoms with Gasteiger partial charge in [0.15, 0.2) is 0 Å². The Hall–Kier alpha value is -1.12. The van der Waals surface area contributed by atoms with Crippen LogP contribution in [0.1, 0.15) is 11.4 Å². The molecule has 1 rings (SSSR count). The van der Waals surface area contributed by atoms with Crippen LogP contribution in [-0.2, 0) is 24.2 Å². The van der Waals surface area contributed by atoms with Gasteiger partial charge in [0.1, 0.15) is 13.2 Å². The highest BCUT2D eigenvalue weighted by Gasteiger charge is 2.30. The summed E-state index contributed by atoms with van der Waals surface area (Å²) < 4.78 is 32.1. The number of ether oxygens (including phenoxy) is 1. The zero-order chi connectivity index (χ0) is 12.9. The van der Waals surface area contributed by atoms with Crippen molar-refractivity contribution < 1.29 is 18.6 Å². The van der Waals surface area contributed by atoms with Crippen LogP contribution in [0.4, 0.5) is 8.78 Å². The molecule has 0 aliphatic heterocycles. The molecule has 0 aromatic carbocycles. The maximum Gasteiger partial charge on any atom is 0.289 e. The molecule has 1 aromatic heterocycles. The molecule has 0 saturated carbocycles. The molecule has 0 unspecified atom stereocenters. The Bertz CT molecular complexity index is 357. The number of aromatic nitrogens is 3. The average Bonchev–Trinajstić information content (AvgIpc) is 2.68. The number of hydrogen-bond donors (Lipinski definition) is 2. The molecule has 98 valence electrons. The van der Waals surface area contributed by atoms with Crippen LogP contribution in [0.25, 0.3) is 0 Å². The second-order valence-corrected chi connectivity index (χ2v) is 3.60. The predicted octanol–water partition coefficient (Wildman–Crippen LogP) is -0.447. The van der Waals surface area contributed by atoms with Crippen molar-refractivity contribution in [3.8, 4) is 0 Å². The van der Waals surface area contributed by atoms with Crippen LogP contribution < -0.4 is 5.73 Å². The first-order valence-corrected chi connectivity index (χ1v) is 5.13. The van der Waals surface area contributed by atoms with Crippen molar-refractivity contribution in [2.45, 2.75) is 25.4 Å². The van der Waals surface area contributed by atoms with Gasteiger partial charge in [0.25, 0.3) is 5.92 Å². The third kappa shape index (κ3) is 3.69. The number of halogens is 2. The van der Waals surface area contributed by atoms with Gasteiger partial charge in [-0.05, 0) is 0 Å². The second-order valence-electron chi connectivity index (χ2n) is 3.60. The van der Waals surface area contributed by atoms with Crippen LogP contribution in [0.2, 0.25) is 0 Å². The van der Waals surface area contributed by atoms with E-state index in [9.17, 15) is 8.78 Å². The Morgan fingerprint density at radius 2 is 2.24 bits per heavy atom. The van der Waals surface area contributed by atoms with E-state index in [0.29, 0.717) is 24.4 Å². The quantitative estimate of drug-likeness (QED) is 0.684. The lowest BCUT2D eigenvalue weighted by Crippen LogP contribution is -2.29. The minimum Gasteiger partial charge on any atom is -0.390 e. The van der Waals surface area contributed by atoms with Gasteiger partial charge in [0.05, 0.1) is 18.0 Å². The maximum atomic E-state index is 13.1. The molecule has 1 aromatic rings. The van der Waals surface area contributed by atoms with E-state index in [0.717, 1.165) is 4.68 Å². The molecule has 0 radical (unpaired) electrons. The molecule has 8 heteroatoms. The van der Waals surface area contributed by atoms with Gasteiger partial charge in [-0.25, -0.2) is 13.5 Å². The number of aliphatic hydroxyl groups is 1. The van der Waals surface area contributed by atoms with E-state index in [1.165, 1.54) is 7.11 Å². The zero-order valence-electron chi connectivity index (χ0n) is 9.57. The molecule has 0 amide bonds. The van der Waals surface area contributed by atoms with Gasteiger partial charge in [0.2, 0.25) is 0 Å². The normalized spacial score (nSPS) is 12.1. The van der Waals surface area contributed by atoms with Crippen LogP contribution >= 0.6 is 0 Å². The van der Waals surface area contributed by atoms with Gasteiger partial charge in [-0.3, -0.25) is 0 Å². The SMILES string of the molecule is COCCc1c(CN)nnn1CC(F)(F)CO. The average molecular weight is 250 g/mol. The van der Waals surface area contributed by atoms with Crippen molar-refractivity contribution in [1.29, 1.82) is 0 Å². The van der Waals surface area contributed by atoms with E-state index in [-0.39, 0.29) is 6.54 Å². The second kappa shape index (κ2) is 5.99. The topological polar surface area (TPSA) is 86.2 Å². The number of nitrogens with zero attached hydrogens (tertiary/aromatic N) is 3. The van der Waals surface area contributed by atoms with E-state index >= 15 is 0 Å². The number of rotatable bonds is 7. The highest BCUT2D eigenvalue weighted by Crippen LogP contribution is 2.17. The van der Waals surface area contributed by atoms with E-state index in [1.807, 2.05) is 0 Å². The Morgan fingerprint density at radius 3 is 2.76 bits per heavy atom. The van der Waals surface area contributed by atoms with Crippen LogP contribution in [-0.4, -0.2) is 46.3 Å². The summed E-state index contributed by atoms with van der Waals surface area (Å²) in [6.45, 7) is -1.45. The van der Waals surface area contributed by atoms with Crippen LogP contribution in [0.15, 0.2) is 0 Å². The fourth-order valence-corrected chi connectivity index (χ4v) is 1.40. The molecule has 0 bridgehead atoms. The van der Waals surface area contributed by atoms with E-state index < -0.39 is 19.1 Å². The van der Waals surface area contributed by atoms with Crippen molar-refractivity contribution in [3.05, 3.63) is 11.4 Å². The molecule has 1 heterocycles. The third-order valence-corrected chi connectivity index (χ3v) is 2.27. The highest BCUT2D eigenvalue weighted by molar-refractivity contribution is 5.10.